The van der Waals surface area contributed by atoms with E-state index < -0.39 is 0 Å². The normalized spacial score (nSPS) is 11.7. The average molecular weight is 311 g/mol. The fourth-order valence-electron chi connectivity index (χ4n) is 2.14. The van der Waals surface area contributed by atoms with Crippen LogP contribution in [0, 0.1) is 6.92 Å². The van der Waals surface area contributed by atoms with Crippen molar-refractivity contribution >= 4 is 17.7 Å². The van der Waals surface area contributed by atoms with Crippen molar-refractivity contribution in [1.29, 1.82) is 0 Å². The lowest BCUT2D eigenvalue weighted by Gasteiger charge is -2.16. The van der Waals surface area contributed by atoms with Gasteiger partial charge in [0.1, 0.15) is 0 Å². The molecule has 22 heavy (non-hydrogen) atoms. The Morgan fingerprint density at radius 2 is 1.91 bits per heavy atom. The molecule has 0 saturated carbocycles. The highest BCUT2D eigenvalue weighted by molar-refractivity contribution is 7.99. The third-order valence-corrected chi connectivity index (χ3v) is 4.48. The summed E-state index contributed by atoms with van der Waals surface area (Å²) < 4.78 is 0. The Balaban J connectivity index is 2.11. The van der Waals surface area contributed by atoms with Crippen molar-refractivity contribution in [3.8, 4) is 0 Å². The van der Waals surface area contributed by atoms with E-state index in [1.807, 2.05) is 37.3 Å². The number of hydrogen-bond acceptors (Lipinski definition) is 2. The summed E-state index contributed by atoms with van der Waals surface area (Å²) in [5, 5.41) is 3.07. The average Bonchev–Trinajstić information content (AvgIpc) is 2.53. The molecule has 2 nitrogen and oxygen atoms in total. The molecule has 0 heterocycles. The predicted molar refractivity (Wildman–Crippen MR) is 94.4 cm³/mol. The van der Waals surface area contributed by atoms with Crippen molar-refractivity contribution in [3.05, 3.63) is 77.9 Å². The fourth-order valence-corrected chi connectivity index (χ4v) is 2.93. The SMILES string of the molecule is C=CCSc1ccccc1C(=O)N[C@H](C)c1ccc(C)cc1. The number of rotatable bonds is 6. The molecule has 0 unspecified atom stereocenters. The van der Waals surface area contributed by atoms with Crippen LogP contribution in [0.15, 0.2) is 66.1 Å². The first-order valence-electron chi connectivity index (χ1n) is 7.32. The van der Waals surface area contributed by atoms with Crippen molar-refractivity contribution in [2.24, 2.45) is 0 Å². The minimum absolute atomic E-state index is 0.0226. The van der Waals surface area contributed by atoms with Crippen LogP contribution in [0.4, 0.5) is 0 Å². The van der Waals surface area contributed by atoms with E-state index in [4.69, 9.17) is 0 Å². The standard InChI is InChI=1S/C19H21NOS/c1-4-13-22-18-8-6-5-7-17(18)19(21)20-15(3)16-11-9-14(2)10-12-16/h4-12,15H,1,13H2,2-3H3,(H,20,21)/t15-/m1/s1. The molecule has 114 valence electrons. The van der Waals surface area contributed by atoms with Crippen LogP contribution < -0.4 is 5.32 Å². The minimum Gasteiger partial charge on any atom is -0.345 e. The first kappa shape index (κ1) is 16.4. The molecule has 0 radical (unpaired) electrons. The van der Waals surface area contributed by atoms with Crippen LogP contribution in [0.1, 0.15) is 34.5 Å². The van der Waals surface area contributed by atoms with Crippen LogP contribution in [0.5, 0.6) is 0 Å². The fraction of sp³-hybridized carbons (Fsp3) is 0.211. The maximum Gasteiger partial charge on any atom is 0.252 e. The Morgan fingerprint density at radius 1 is 1.23 bits per heavy atom. The van der Waals surface area contributed by atoms with E-state index >= 15 is 0 Å². The molecule has 2 aromatic rings. The van der Waals surface area contributed by atoms with E-state index in [9.17, 15) is 4.79 Å². The largest absolute Gasteiger partial charge is 0.345 e. The van der Waals surface area contributed by atoms with Crippen LogP contribution in [-0.4, -0.2) is 11.7 Å². The lowest BCUT2D eigenvalue weighted by Crippen LogP contribution is -2.27. The quantitative estimate of drug-likeness (QED) is 0.615. The molecule has 3 heteroatoms. The Labute approximate surface area is 136 Å². The third-order valence-electron chi connectivity index (χ3n) is 3.41. The van der Waals surface area contributed by atoms with Crippen molar-refractivity contribution in [3.63, 3.8) is 0 Å². The van der Waals surface area contributed by atoms with Gasteiger partial charge in [0.05, 0.1) is 11.6 Å². The number of thioether (sulfide) groups is 1. The van der Waals surface area contributed by atoms with E-state index in [1.54, 1.807) is 11.8 Å². The molecule has 0 bridgehead atoms. The van der Waals surface area contributed by atoms with Crippen LogP contribution in [0.3, 0.4) is 0 Å². The summed E-state index contributed by atoms with van der Waals surface area (Å²) >= 11 is 1.62. The van der Waals surface area contributed by atoms with Gasteiger partial charge in [0.15, 0.2) is 0 Å². The van der Waals surface area contributed by atoms with Gasteiger partial charge >= 0.3 is 0 Å². The number of benzene rings is 2. The Kier molecular flexibility index (Phi) is 5.84. The van der Waals surface area contributed by atoms with Crippen LogP contribution in [0.25, 0.3) is 0 Å². The predicted octanol–water partition coefficient (Wildman–Crippen LogP) is 4.76. The van der Waals surface area contributed by atoms with Crippen LogP contribution >= 0.6 is 11.8 Å². The molecule has 0 saturated heterocycles. The topological polar surface area (TPSA) is 29.1 Å². The summed E-state index contributed by atoms with van der Waals surface area (Å²) in [7, 11) is 0. The Bertz CT molecular complexity index is 649. The highest BCUT2D eigenvalue weighted by Gasteiger charge is 2.14. The molecule has 0 fully saturated rings. The first-order valence-corrected chi connectivity index (χ1v) is 8.30. The zero-order chi connectivity index (χ0) is 15.9. The zero-order valence-corrected chi connectivity index (χ0v) is 13.8. The number of aryl methyl sites for hydroxylation is 1. The highest BCUT2D eigenvalue weighted by atomic mass is 32.2. The van der Waals surface area contributed by atoms with Gasteiger partial charge in [-0.15, -0.1) is 18.3 Å². The van der Waals surface area contributed by atoms with Gasteiger partial charge < -0.3 is 5.32 Å². The van der Waals surface area contributed by atoms with Gasteiger partial charge in [-0.05, 0) is 31.5 Å². The molecule has 1 amide bonds. The summed E-state index contributed by atoms with van der Waals surface area (Å²) in [4.78, 5) is 13.5. The molecular weight excluding hydrogens is 290 g/mol. The molecule has 2 rings (SSSR count). The van der Waals surface area contributed by atoms with Crippen molar-refractivity contribution in [1.82, 2.24) is 5.32 Å². The molecule has 1 N–H and O–H groups in total. The number of hydrogen-bond donors (Lipinski definition) is 1. The zero-order valence-electron chi connectivity index (χ0n) is 13.0. The van der Waals surface area contributed by atoms with Gasteiger partial charge in [0.2, 0.25) is 0 Å². The summed E-state index contributed by atoms with van der Waals surface area (Å²) in [6.45, 7) is 7.78. The van der Waals surface area contributed by atoms with E-state index in [0.717, 1.165) is 16.2 Å². The maximum atomic E-state index is 12.5. The van der Waals surface area contributed by atoms with E-state index in [2.05, 4.69) is 43.1 Å². The molecule has 0 aliphatic heterocycles. The van der Waals surface area contributed by atoms with Gasteiger partial charge in [-0.3, -0.25) is 4.79 Å². The summed E-state index contributed by atoms with van der Waals surface area (Å²) in [6.07, 6.45) is 1.84. The number of carbonyl (C=O) groups excluding carboxylic acids is 1. The molecular formula is C19H21NOS. The molecule has 0 aliphatic carbocycles. The summed E-state index contributed by atoms with van der Waals surface area (Å²) in [5.41, 5.74) is 3.04. The van der Waals surface area contributed by atoms with Crippen LogP contribution in [-0.2, 0) is 0 Å². The second-order valence-corrected chi connectivity index (χ2v) is 6.26. The Morgan fingerprint density at radius 3 is 2.59 bits per heavy atom. The lowest BCUT2D eigenvalue weighted by molar-refractivity contribution is 0.0937. The van der Waals surface area contributed by atoms with E-state index in [1.165, 1.54) is 5.56 Å². The Hall–Kier alpha value is -2.00. The van der Waals surface area contributed by atoms with Gasteiger partial charge in [-0.1, -0.05) is 48.0 Å². The number of nitrogens with one attached hydrogen (secondary N) is 1. The summed E-state index contributed by atoms with van der Waals surface area (Å²) in [6, 6.07) is 15.9. The first-order chi connectivity index (χ1) is 10.6. The van der Waals surface area contributed by atoms with Gasteiger partial charge in [0.25, 0.3) is 5.91 Å². The smallest absolute Gasteiger partial charge is 0.252 e. The van der Waals surface area contributed by atoms with Crippen molar-refractivity contribution < 1.29 is 4.79 Å². The van der Waals surface area contributed by atoms with Gasteiger partial charge in [-0.25, -0.2) is 0 Å². The third kappa shape index (κ3) is 4.25. The van der Waals surface area contributed by atoms with Gasteiger partial charge in [-0.2, -0.15) is 0 Å². The summed E-state index contributed by atoms with van der Waals surface area (Å²) in [5.74, 6) is 0.748. The van der Waals surface area contributed by atoms with Crippen molar-refractivity contribution in [2.45, 2.75) is 24.8 Å². The number of amides is 1. The molecule has 0 aliphatic rings. The minimum atomic E-state index is -0.0414. The van der Waals surface area contributed by atoms with Crippen molar-refractivity contribution in [2.75, 3.05) is 5.75 Å². The lowest BCUT2D eigenvalue weighted by atomic mass is 10.1. The molecule has 0 spiro atoms. The van der Waals surface area contributed by atoms with E-state index in [-0.39, 0.29) is 11.9 Å². The highest BCUT2D eigenvalue weighted by Crippen LogP contribution is 2.23. The number of carbonyl (C=O) groups is 1. The van der Waals surface area contributed by atoms with E-state index in [0.29, 0.717) is 5.56 Å². The monoisotopic (exact) mass is 311 g/mol. The molecule has 2 aromatic carbocycles. The maximum absolute atomic E-state index is 12.5. The van der Waals surface area contributed by atoms with Crippen LogP contribution in [0.2, 0.25) is 0 Å². The van der Waals surface area contributed by atoms with Gasteiger partial charge in [0, 0.05) is 10.6 Å². The second-order valence-electron chi connectivity index (χ2n) is 5.20. The second kappa shape index (κ2) is 7.85. The molecule has 0 aromatic heterocycles. The molecule has 1 atom stereocenters.